The Bertz CT molecular complexity index is 496. The van der Waals surface area contributed by atoms with Crippen molar-refractivity contribution in [1.29, 1.82) is 0 Å². The van der Waals surface area contributed by atoms with E-state index in [-0.39, 0.29) is 17.9 Å². The highest BCUT2D eigenvalue weighted by atomic mass is 16.5. The third kappa shape index (κ3) is 3.63. The SMILES string of the molecule is CC1NNCC1C(=O)N1CCOCC(Cc2ccccn2)C1. The van der Waals surface area contributed by atoms with Gasteiger partial charge in [0.15, 0.2) is 0 Å². The first-order valence-electron chi connectivity index (χ1n) is 7.99. The van der Waals surface area contributed by atoms with E-state index in [2.05, 4.69) is 15.8 Å². The lowest BCUT2D eigenvalue weighted by Crippen LogP contribution is -2.43. The van der Waals surface area contributed by atoms with Crippen LogP contribution in [0.15, 0.2) is 24.4 Å². The van der Waals surface area contributed by atoms with Crippen molar-refractivity contribution in [2.75, 3.05) is 32.8 Å². The van der Waals surface area contributed by atoms with E-state index in [0.29, 0.717) is 32.2 Å². The van der Waals surface area contributed by atoms with Crippen molar-refractivity contribution in [2.45, 2.75) is 19.4 Å². The number of nitrogens with one attached hydrogen (secondary N) is 2. The number of aromatic nitrogens is 1. The number of hydrogen-bond acceptors (Lipinski definition) is 5. The van der Waals surface area contributed by atoms with E-state index in [0.717, 1.165) is 18.7 Å². The summed E-state index contributed by atoms with van der Waals surface area (Å²) in [4.78, 5) is 19.1. The average Bonchev–Trinajstić information content (AvgIpc) is 2.82. The largest absolute Gasteiger partial charge is 0.379 e. The van der Waals surface area contributed by atoms with Gasteiger partial charge in [-0.05, 0) is 25.5 Å². The summed E-state index contributed by atoms with van der Waals surface area (Å²) in [6.07, 6.45) is 2.66. The minimum absolute atomic E-state index is 0.00796. The summed E-state index contributed by atoms with van der Waals surface area (Å²) >= 11 is 0. The van der Waals surface area contributed by atoms with Crippen molar-refractivity contribution < 1.29 is 9.53 Å². The lowest BCUT2D eigenvalue weighted by Gasteiger charge is -2.27. The first-order chi connectivity index (χ1) is 10.7. The van der Waals surface area contributed by atoms with Crippen LogP contribution in [0.4, 0.5) is 0 Å². The minimum atomic E-state index is 0.00796. The van der Waals surface area contributed by atoms with Gasteiger partial charge in [0.25, 0.3) is 0 Å². The fourth-order valence-electron chi connectivity index (χ4n) is 3.16. The molecule has 0 spiro atoms. The number of rotatable bonds is 3. The quantitative estimate of drug-likeness (QED) is 0.836. The van der Waals surface area contributed by atoms with Crippen LogP contribution in [-0.4, -0.2) is 54.7 Å². The molecule has 1 amide bonds. The number of amides is 1. The summed E-state index contributed by atoms with van der Waals surface area (Å²) in [6.45, 7) is 5.48. The molecule has 0 aromatic carbocycles. The van der Waals surface area contributed by atoms with Gasteiger partial charge in [0.1, 0.15) is 0 Å². The molecule has 6 nitrogen and oxygen atoms in total. The smallest absolute Gasteiger partial charge is 0.228 e. The van der Waals surface area contributed by atoms with Crippen LogP contribution in [0.1, 0.15) is 12.6 Å². The van der Waals surface area contributed by atoms with Gasteiger partial charge in [-0.25, -0.2) is 0 Å². The third-order valence-electron chi connectivity index (χ3n) is 4.45. The Kier molecular flexibility index (Phi) is 5.02. The van der Waals surface area contributed by atoms with Crippen molar-refractivity contribution in [3.8, 4) is 0 Å². The van der Waals surface area contributed by atoms with E-state index in [1.807, 2.05) is 36.2 Å². The summed E-state index contributed by atoms with van der Waals surface area (Å²) < 4.78 is 5.70. The van der Waals surface area contributed by atoms with E-state index in [4.69, 9.17) is 4.74 Å². The number of nitrogens with zero attached hydrogens (tertiary/aromatic N) is 2. The first kappa shape index (κ1) is 15.4. The summed E-state index contributed by atoms with van der Waals surface area (Å²) in [5, 5.41) is 0. The minimum Gasteiger partial charge on any atom is -0.379 e. The number of carbonyl (C=O) groups is 1. The maximum absolute atomic E-state index is 12.7. The van der Waals surface area contributed by atoms with Gasteiger partial charge in [-0.3, -0.25) is 20.6 Å². The molecule has 0 saturated carbocycles. The van der Waals surface area contributed by atoms with E-state index < -0.39 is 0 Å². The molecule has 3 unspecified atom stereocenters. The molecule has 2 aliphatic rings. The highest BCUT2D eigenvalue weighted by Crippen LogP contribution is 2.17. The molecule has 1 aromatic rings. The van der Waals surface area contributed by atoms with Crippen LogP contribution in [0.3, 0.4) is 0 Å². The van der Waals surface area contributed by atoms with Gasteiger partial charge < -0.3 is 9.64 Å². The number of carbonyl (C=O) groups excluding carboxylic acids is 1. The fraction of sp³-hybridized carbons (Fsp3) is 0.625. The summed E-state index contributed by atoms with van der Waals surface area (Å²) in [5.74, 6) is 0.536. The summed E-state index contributed by atoms with van der Waals surface area (Å²) in [7, 11) is 0. The van der Waals surface area contributed by atoms with E-state index in [1.165, 1.54) is 0 Å². The maximum Gasteiger partial charge on any atom is 0.228 e. The Labute approximate surface area is 131 Å². The second kappa shape index (κ2) is 7.17. The van der Waals surface area contributed by atoms with Crippen LogP contribution in [0, 0.1) is 11.8 Å². The monoisotopic (exact) mass is 304 g/mol. The molecular formula is C16H24N4O2. The molecule has 3 heterocycles. The zero-order chi connectivity index (χ0) is 15.4. The number of ether oxygens (including phenoxy) is 1. The molecule has 6 heteroatoms. The van der Waals surface area contributed by atoms with Gasteiger partial charge in [0, 0.05) is 43.5 Å². The molecule has 2 saturated heterocycles. The predicted molar refractivity (Wildman–Crippen MR) is 82.9 cm³/mol. The predicted octanol–water partition coefficient (Wildman–Crippen LogP) is 0.212. The average molecular weight is 304 g/mol. The molecule has 3 rings (SSSR count). The second-order valence-electron chi connectivity index (χ2n) is 6.17. The van der Waals surface area contributed by atoms with E-state index >= 15 is 0 Å². The molecule has 2 fully saturated rings. The molecule has 3 atom stereocenters. The second-order valence-corrected chi connectivity index (χ2v) is 6.17. The number of pyridine rings is 1. The highest BCUT2D eigenvalue weighted by molar-refractivity contribution is 5.80. The number of hydrogen-bond donors (Lipinski definition) is 2. The van der Waals surface area contributed by atoms with Crippen LogP contribution in [-0.2, 0) is 16.0 Å². The topological polar surface area (TPSA) is 66.5 Å². The van der Waals surface area contributed by atoms with Gasteiger partial charge in [-0.15, -0.1) is 0 Å². The Morgan fingerprint density at radius 2 is 2.41 bits per heavy atom. The Balaban J connectivity index is 1.63. The van der Waals surface area contributed by atoms with Gasteiger partial charge in [0.2, 0.25) is 5.91 Å². The fourth-order valence-corrected chi connectivity index (χ4v) is 3.16. The molecular weight excluding hydrogens is 280 g/mol. The zero-order valence-corrected chi connectivity index (χ0v) is 13.0. The molecule has 1 aromatic heterocycles. The third-order valence-corrected chi connectivity index (χ3v) is 4.45. The lowest BCUT2D eigenvalue weighted by molar-refractivity contribution is -0.135. The highest BCUT2D eigenvalue weighted by Gasteiger charge is 2.34. The first-order valence-corrected chi connectivity index (χ1v) is 7.99. The van der Waals surface area contributed by atoms with Gasteiger partial charge >= 0.3 is 0 Å². The van der Waals surface area contributed by atoms with Crippen LogP contribution in [0.25, 0.3) is 0 Å². The zero-order valence-electron chi connectivity index (χ0n) is 13.0. The molecule has 0 bridgehead atoms. The number of hydrazine groups is 1. The van der Waals surface area contributed by atoms with Crippen molar-refractivity contribution in [3.63, 3.8) is 0 Å². The lowest BCUT2D eigenvalue weighted by atomic mass is 9.99. The maximum atomic E-state index is 12.7. The van der Waals surface area contributed by atoms with Crippen molar-refractivity contribution in [2.24, 2.45) is 11.8 Å². The molecule has 22 heavy (non-hydrogen) atoms. The van der Waals surface area contributed by atoms with Crippen molar-refractivity contribution >= 4 is 5.91 Å². The van der Waals surface area contributed by atoms with Gasteiger partial charge in [-0.1, -0.05) is 6.07 Å². The summed E-state index contributed by atoms with van der Waals surface area (Å²) in [6, 6.07) is 6.13. The molecule has 120 valence electrons. The van der Waals surface area contributed by atoms with Gasteiger partial charge in [-0.2, -0.15) is 0 Å². The van der Waals surface area contributed by atoms with Crippen molar-refractivity contribution in [3.05, 3.63) is 30.1 Å². The normalized spacial score (nSPS) is 29.3. The molecule has 2 N–H and O–H groups in total. The Morgan fingerprint density at radius 3 is 3.14 bits per heavy atom. The molecule has 0 radical (unpaired) electrons. The standard InChI is InChI=1S/C16H24N4O2/c1-12-15(9-18-19-12)16(21)20-6-7-22-11-13(10-20)8-14-4-2-3-5-17-14/h2-5,12-13,15,18-19H,6-11H2,1H3. The Hall–Kier alpha value is -1.50. The molecule has 2 aliphatic heterocycles. The van der Waals surface area contributed by atoms with Crippen LogP contribution in [0.2, 0.25) is 0 Å². The van der Waals surface area contributed by atoms with Crippen molar-refractivity contribution in [1.82, 2.24) is 20.7 Å². The van der Waals surface area contributed by atoms with Crippen LogP contribution in [0.5, 0.6) is 0 Å². The van der Waals surface area contributed by atoms with Crippen LogP contribution >= 0.6 is 0 Å². The van der Waals surface area contributed by atoms with E-state index in [9.17, 15) is 4.79 Å². The Morgan fingerprint density at radius 1 is 1.50 bits per heavy atom. The molecule has 0 aliphatic carbocycles. The van der Waals surface area contributed by atoms with Crippen LogP contribution < -0.4 is 10.9 Å². The van der Waals surface area contributed by atoms with E-state index in [1.54, 1.807) is 0 Å². The summed E-state index contributed by atoms with van der Waals surface area (Å²) in [5.41, 5.74) is 7.25. The van der Waals surface area contributed by atoms with Gasteiger partial charge in [0.05, 0.1) is 19.1 Å².